The molecule has 0 N–H and O–H groups in total. The van der Waals surface area contributed by atoms with Crippen molar-refractivity contribution in [3.05, 3.63) is 139 Å². The summed E-state index contributed by atoms with van der Waals surface area (Å²) < 4.78 is 4.81. The van der Waals surface area contributed by atoms with E-state index in [2.05, 4.69) is 29.2 Å². The Morgan fingerprint density at radius 2 is 0.882 bits per heavy atom. The van der Waals surface area contributed by atoms with E-state index < -0.39 is 11.9 Å². The van der Waals surface area contributed by atoms with Crippen molar-refractivity contribution in [3.63, 3.8) is 0 Å². The number of anilines is 3. The zero-order valence-corrected chi connectivity index (χ0v) is 18.5. The highest BCUT2D eigenvalue weighted by Gasteiger charge is 2.11. The number of esters is 2. The van der Waals surface area contributed by atoms with Gasteiger partial charge in [0.15, 0.2) is 0 Å². The SMILES string of the molecule is O=C(C=Cc1ccccc1)OC(=O)C=Cc1ccc(N(c2ccccc2)c2ccccc2)cc1. The van der Waals surface area contributed by atoms with Crippen molar-refractivity contribution < 1.29 is 14.3 Å². The Labute approximate surface area is 199 Å². The maximum Gasteiger partial charge on any atom is 0.338 e. The highest BCUT2D eigenvalue weighted by molar-refractivity contribution is 5.99. The Morgan fingerprint density at radius 3 is 1.35 bits per heavy atom. The lowest BCUT2D eigenvalue weighted by Crippen LogP contribution is -2.09. The van der Waals surface area contributed by atoms with Crippen LogP contribution < -0.4 is 4.90 Å². The molecule has 0 spiro atoms. The van der Waals surface area contributed by atoms with Crippen LogP contribution in [0.1, 0.15) is 11.1 Å². The van der Waals surface area contributed by atoms with Gasteiger partial charge in [-0.05, 0) is 59.7 Å². The predicted molar refractivity (Wildman–Crippen MR) is 137 cm³/mol. The molecule has 4 nitrogen and oxygen atoms in total. The maximum atomic E-state index is 12.0. The molecule has 166 valence electrons. The third-order valence-electron chi connectivity index (χ3n) is 5.00. The van der Waals surface area contributed by atoms with Gasteiger partial charge in [-0.15, -0.1) is 0 Å². The van der Waals surface area contributed by atoms with Crippen molar-refractivity contribution in [1.82, 2.24) is 0 Å². The molecule has 4 heteroatoms. The zero-order valence-electron chi connectivity index (χ0n) is 18.5. The van der Waals surface area contributed by atoms with Crippen LogP contribution in [0.2, 0.25) is 0 Å². The van der Waals surface area contributed by atoms with Gasteiger partial charge in [0.25, 0.3) is 0 Å². The first-order chi connectivity index (χ1) is 16.7. The molecule has 4 rings (SSSR count). The van der Waals surface area contributed by atoms with Crippen LogP contribution in [0.3, 0.4) is 0 Å². The maximum absolute atomic E-state index is 12.0. The van der Waals surface area contributed by atoms with E-state index in [-0.39, 0.29) is 0 Å². The Balaban J connectivity index is 1.43. The second-order valence-electron chi connectivity index (χ2n) is 7.42. The average Bonchev–Trinajstić information content (AvgIpc) is 2.89. The molecule has 34 heavy (non-hydrogen) atoms. The van der Waals surface area contributed by atoms with Gasteiger partial charge in [0.2, 0.25) is 0 Å². The topological polar surface area (TPSA) is 46.6 Å². The lowest BCUT2D eigenvalue weighted by Gasteiger charge is -2.25. The summed E-state index contributed by atoms with van der Waals surface area (Å²) >= 11 is 0. The monoisotopic (exact) mass is 445 g/mol. The first kappa shape index (κ1) is 22.5. The second-order valence-corrected chi connectivity index (χ2v) is 7.42. The van der Waals surface area contributed by atoms with Crippen LogP contribution in [-0.2, 0) is 14.3 Å². The summed E-state index contributed by atoms with van der Waals surface area (Å²) in [4.78, 5) is 26.0. The van der Waals surface area contributed by atoms with Gasteiger partial charge in [0, 0.05) is 29.2 Å². The standard InChI is InChI=1S/C30H23NO3/c32-29(22-18-24-10-4-1-5-11-24)34-30(33)23-19-25-16-20-28(21-17-25)31(26-12-6-2-7-13-26)27-14-8-3-9-15-27/h1-23H. The zero-order chi connectivity index (χ0) is 23.6. The molecular weight excluding hydrogens is 422 g/mol. The summed E-state index contributed by atoms with van der Waals surface area (Å²) in [5, 5.41) is 0. The Bertz CT molecular complexity index is 1240. The van der Waals surface area contributed by atoms with E-state index in [1.807, 2.05) is 91.0 Å². The Hall–Kier alpha value is -4.70. The van der Waals surface area contributed by atoms with E-state index in [4.69, 9.17) is 4.74 Å². The van der Waals surface area contributed by atoms with E-state index in [1.54, 1.807) is 12.2 Å². The molecule has 0 aliphatic carbocycles. The number of hydrogen-bond acceptors (Lipinski definition) is 4. The summed E-state index contributed by atoms with van der Waals surface area (Å²) in [6, 6.07) is 37.3. The molecule has 4 aromatic carbocycles. The quantitative estimate of drug-likeness (QED) is 0.175. The van der Waals surface area contributed by atoms with Gasteiger partial charge in [0.05, 0.1) is 0 Å². The van der Waals surface area contributed by atoms with E-state index in [0.29, 0.717) is 0 Å². The molecule has 0 atom stereocenters. The minimum Gasteiger partial charge on any atom is -0.387 e. The third-order valence-corrected chi connectivity index (χ3v) is 5.00. The van der Waals surface area contributed by atoms with E-state index in [9.17, 15) is 9.59 Å². The Morgan fingerprint density at radius 1 is 0.500 bits per heavy atom. The van der Waals surface area contributed by atoms with Crippen LogP contribution in [0.5, 0.6) is 0 Å². The molecular formula is C30H23NO3. The molecule has 0 unspecified atom stereocenters. The fourth-order valence-electron chi connectivity index (χ4n) is 3.40. The summed E-state index contributed by atoms with van der Waals surface area (Å²) in [6.07, 6.45) is 5.70. The fraction of sp³-hybridized carbons (Fsp3) is 0. The normalized spacial score (nSPS) is 10.9. The van der Waals surface area contributed by atoms with Gasteiger partial charge < -0.3 is 9.64 Å². The van der Waals surface area contributed by atoms with Crippen LogP contribution in [0.4, 0.5) is 17.1 Å². The molecule has 0 amide bonds. The van der Waals surface area contributed by atoms with E-state index >= 15 is 0 Å². The molecule has 0 aromatic heterocycles. The smallest absolute Gasteiger partial charge is 0.338 e. The van der Waals surface area contributed by atoms with Crippen LogP contribution >= 0.6 is 0 Å². The Kier molecular flexibility index (Phi) is 7.44. The van der Waals surface area contributed by atoms with Crippen LogP contribution in [0.15, 0.2) is 127 Å². The summed E-state index contributed by atoms with van der Waals surface area (Å²) in [5.41, 5.74) is 4.74. The van der Waals surface area contributed by atoms with Gasteiger partial charge in [-0.3, -0.25) is 0 Å². The van der Waals surface area contributed by atoms with Gasteiger partial charge >= 0.3 is 11.9 Å². The number of hydrogen-bond donors (Lipinski definition) is 0. The number of rotatable bonds is 7. The molecule has 0 heterocycles. The lowest BCUT2D eigenvalue weighted by molar-refractivity contribution is -0.152. The fourth-order valence-corrected chi connectivity index (χ4v) is 3.40. The van der Waals surface area contributed by atoms with Crippen molar-refractivity contribution >= 4 is 41.2 Å². The van der Waals surface area contributed by atoms with Crippen molar-refractivity contribution in [2.75, 3.05) is 4.90 Å². The number of nitrogens with zero attached hydrogens (tertiary/aromatic N) is 1. The van der Waals surface area contributed by atoms with E-state index in [0.717, 1.165) is 28.2 Å². The third kappa shape index (κ3) is 6.17. The summed E-state index contributed by atoms with van der Waals surface area (Å²) in [6.45, 7) is 0. The highest BCUT2D eigenvalue weighted by Crippen LogP contribution is 2.34. The van der Waals surface area contributed by atoms with Crippen LogP contribution in [0, 0.1) is 0 Å². The molecule has 0 radical (unpaired) electrons. The molecule has 0 fully saturated rings. The van der Waals surface area contributed by atoms with Crippen molar-refractivity contribution in [3.8, 4) is 0 Å². The first-order valence-corrected chi connectivity index (χ1v) is 10.9. The number of para-hydroxylation sites is 2. The molecule has 4 aromatic rings. The average molecular weight is 446 g/mol. The largest absolute Gasteiger partial charge is 0.387 e. The molecule has 0 aliphatic heterocycles. The van der Waals surface area contributed by atoms with Crippen molar-refractivity contribution in [1.29, 1.82) is 0 Å². The minimum absolute atomic E-state index is 0.713. The molecule has 0 aliphatic rings. The van der Waals surface area contributed by atoms with E-state index in [1.165, 1.54) is 12.2 Å². The van der Waals surface area contributed by atoms with Crippen molar-refractivity contribution in [2.45, 2.75) is 0 Å². The number of benzene rings is 4. The lowest BCUT2D eigenvalue weighted by atomic mass is 10.1. The second kappa shape index (κ2) is 11.2. The number of ether oxygens (including phenoxy) is 1. The van der Waals surface area contributed by atoms with Gasteiger partial charge in [0.1, 0.15) is 0 Å². The van der Waals surface area contributed by atoms with Crippen LogP contribution in [0.25, 0.3) is 12.2 Å². The van der Waals surface area contributed by atoms with Crippen LogP contribution in [-0.4, -0.2) is 11.9 Å². The molecule has 0 saturated carbocycles. The number of carbonyl (C=O) groups excluding carboxylic acids is 2. The minimum atomic E-state index is -0.720. The summed E-state index contributed by atoms with van der Waals surface area (Å²) in [5.74, 6) is -1.43. The van der Waals surface area contributed by atoms with Gasteiger partial charge in [-0.1, -0.05) is 78.9 Å². The van der Waals surface area contributed by atoms with Gasteiger partial charge in [-0.25, -0.2) is 9.59 Å². The number of carbonyl (C=O) groups is 2. The first-order valence-electron chi connectivity index (χ1n) is 10.9. The van der Waals surface area contributed by atoms with Gasteiger partial charge in [-0.2, -0.15) is 0 Å². The predicted octanol–water partition coefficient (Wildman–Crippen LogP) is 6.95. The van der Waals surface area contributed by atoms with Crippen molar-refractivity contribution in [2.24, 2.45) is 0 Å². The molecule has 0 saturated heterocycles. The summed E-state index contributed by atoms with van der Waals surface area (Å²) in [7, 11) is 0. The highest BCUT2D eigenvalue weighted by atomic mass is 16.6. The molecule has 0 bridgehead atoms.